The summed E-state index contributed by atoms with van der Waals surface area (Å²) in [5, 5.41) is 8.92. The lowest BCUT2D eigenvalue weighted by Crippen LogP contribution is -2.27. The van der Waals surface area contributed by atoms with Gasteiger partial charge in [0.2, 0.25) is 0 Å². The predicted molar refractivity (Wildman–Crippen MR) is 78.7 cm³/mol. The smallest absolute Gasteiger partial charge is 0.335 e. The van der Waals surface area contributed by atoms with Gasteiger partial charge in [0, 0.05) is 7.05 Å². The largest absolute Gasteiger partial charge is 0.478 e. The number of amides is 1. The Kier molecular flexibility index (Phi) is 3.71. The van der Waals surface area contributed by atoms with Gasteiger partial charge >= 0.3 is 5.97 Å². The fourth-order valence-corrected chi connectivity index (χ4v) is 2.13. The van der Waals surface area contributed by atoms with Crippen molar-refractivity contribution in [1.82, 2.24) is 0 Å². The number of nitrogens with zero attached hydrogens (tertiary/aromatic N) is 1. The van der Waals surface area contributed by atoms with Crippen molar-refractivity contribution >= 4 is 23.3 Å². The van der Waals surface area contributed by atoms with E-state index >= 15 is 0 Å². The molecule has 0 aliphatic heterocycles. The van der Waals surface area contributed by atoms with Crippen molar-refractivity contribution in [1.29, 1.82) is 0 Å². The number of carboxylic acid groups (broad SMARTS) is 1. The van der Waals surface area contributed by atoms with Gasteiger partial charge in [0.15, 0.2) is 0 Å². The summed E-state index contributed by atoms with van der Waals surface area (Å²) in [4.78, 5) is 24.7. The zero-order valence-electron chi connectivity index (χ0n) is 12.0. The van der Waals surface area contributed by atoms with Crippen LogP contribution in [0.5, 0.6) is 0 Å². The van der Waals surface area contributed by atoms with Gasteiger partial charge in [0.1, 0.15) is 11.5 Å². The molecule has 1 aromatic carbocycles. The van der Waals surface area contributed by atoms with E-state index in [0.717, 1.165) is 0 Å². The molecule has 0 saturated heterocycles. The van der Waals surface area contributed by atoms with Gasteiger partial charge in [-0.3, -0.25) is 4.79 Å². The lowest BCUT2D eigenvalue weighted by Gasteiger charge is -2.19. The maximum absolute atomic E-state index is 12.4. The van der Waals surface area contributed by atoms with Crippen LogP contribution in [-0.2, 0) is 0 Å². The van der Waals surface area contributed by atoms with Crippen molar-refractivity contribution < 1.29 is 19.1 Å². The molecule has 0 saturated carbocycles. The van der Waals surface area contributed by atoms with E-state index in [0.29, 0.717) is 22.8 Å². The maximum Gasteiger partial charge on any atom is 0.335 e. The Hall–Kier alpha value is -2.76. The fraction of sp³-hybridized carbons (Fsp3) is 0.200. The fourth-order valence-electron chi connectivity index (χ4n) is 2.13. The highest BCUT2D eigenvalue weighted by Crippen LogP contribution is 2.26. The Bertz CT molecular complexity index is 718. The van der Waals surface area contributed by atoms with E-state index in [1.165, 1.54) is 23.1 Å². The number of rotatable bonds is 3. The number of furan rings is 1. The minimum Gasteiger partial charge on any atom is -0.478 e. The monoisotopic (exact) mass is 288 g/mol. The normalized spacial score (nSPS) is 10.4. The second-order valence-electron chi connectivity index (χ2n) is 4.77. The summed E-state index contributed by atoms with van der Waals surface area (Å²) in [6.45, 7) is 3.48. The molecule has 0 aliphatic carbocycles. The van der Waals surface area contributed by atoms with Crippen molar-refractivity contribution in [3.63, 3.8) is 0 Å². The summed E-state index contributed by atoms with van der Waals surface area (Å²) in [5.41, 5.74) is 7.04. The van der Waals surface area contributed by atoms with Gasteiger partial charge in [-0.15, -0.1) is 0 Å². The van der Waals surface area contributed by atoms with Gasteiger partial charge in [-0.2, -0.15) is 0 Å². The predicted octanol–water partition coefficient (Wildman–Crippen LogP) is 2.45. The topological polar surface area (TPSA) is 96.8 Å². The van der Waals surface area contributed by atoms with Crippen LogP contribution >= 0.6 is 0 Å². The molecule has 1 heterocycles. The lowest BCUT2D eigenvalue weighted by atomic mass is 10.1. The zero-order chi connectivity index (χ0) is 15.7. The molecule has 0 atom stereocenters. The first-order chi connectivity index (χ1) is 9.81. The zero-order valence-corrected chi connectivity index (χ0v) is 12.0. The van der Waals surface area contributed by atoms with E-state index in [-0.39, 0.29) is 17.2 Å². The van der Waals surface area contributed by atoms with E-state index in [1.54, 1.807) is 27.0 Å². The van der Waals surface area contributed by atoms with Crippen LogP contribution in [0.2, 0.25) is 0 Å². The Morgan fingerprint density at radius 2 is 1.90 bits per heavy atom. The molecule has 2 aromatic rings. The van der Waals surface area contributed by atoms with E-state index in [1.807, 2.05) is 0 Å². The van der Waals surface area contributed by atoms with Gasteiger partial charge in [0.25, 0.3) is 5.91 Å². The Morgan fingerprint density at radius 3 is 2.38 bits per heavy atom. The lowest BCUT2D eigenvalue weighted by molar-refractivity contribution is 0.0696. The molecule has 0 fully saturated rings. The molecule has 6 nitrogen and oxygen atoms in total. The average molecular weight is 288 g/mol. The number of anilines is 2. The van der Waals surface area contributed by atoms with Crippen molar-refractivity contribution in [3.8, 4) is 0 Å². The third-order valence-electron chi connectivity index (χ3n) is 3.21. The van der Waals surface area contributed by atoms with Gasteiger partial charge in [-0.1, -0.05) is 0 Å². The molecule has 0 radical (unpaired) electrons. The van der Waals surface area contributed by atoms with Crippen LogP contribution in [0.3, 0.4) is 0 Å². The third-order valence-corrected chi connectivity index (χ3v) is 3.21. The van der Waals surface area contributed by atoms with Crippen LogP contribution in [0, 0.1) is 13.8 Å². The standard InChI is InChI=1S/C15H16N2O4/c1-8-6-11(9(2)21-8)14(18)17(3)13-5-4-10(15(19)20)7-12(13)16/h4-7H,16H2,1-3H3,(H,19,20). The Labute approximate surface area is 121 Å². The quantitative estimate of drug-likeness (QED) is 0.845. The van der Waals surface area contributed by atoms with Gasteiger partial charge in [0.05, 0.1) is 22.5 Å². The molecular formula is C15H16N2O4. The van der Waals surface area contributed by atoms with E-state index in [2.05, 4.69) is 0 Å². The number of hydrogen-bond acceptors (Lipinski definition) is 4. The molecule has 1 aromatic heterocycles. The molecule has 0 spiro atoms. The molecule has 0 unspecified atom stereocenters. The number of carbonyl (C=O) groups is 2. The highest BCUT2D eigenvalue weighted by molar-refractivity contribution is 6.08. The molecular weight excluding hydrogens is 272 g/mol. The maximum atomic E-state index is 12.4. The summed E-state index contributed by atoms with van der Waals surface area (Å²) in [6.07, 6.45) is 0. The molecule has 1 amide bonds. The number of aryl methyl sites for hydroxylation is 2. The number of nitrogens with two attached hydrogens (primary N) is 1. The van der Waals surface area contributed by atoms with E-state index in [4.69, 9.17) is 15.3 Å². The second-order valence-corrected chi connectivity index (χ2v) is 4.77. The van der Waals surface area contributed by atoms with Crippen molar-refractivity contribution in [2.45, 2.75) is 13.8 Å². The van der Waals surface area contributed by atoms with Gasteiger partial charge in [-0.05, 0) is 38.1 Å². The van der Waals surface area contributed by atoms with Crippen LogP contribution in [0.4, 0.5) is 11.4 Å². The van der Waals surface area contributed by atoms with Crippen LogP contribution in [-0.4, -0.2) is 24.0 Å². The Balaban J connectivity index is 2.36. The minimum atomic E-state index is -1.07. The Morgan fingerprint density at radius 1 is 1.24 bits per heavy atom. The number of aromatic carboxylic acids is 1. The molecule has 110 valence electrons. The molecule has 3 N–H and O–H groups in total. The van der Waals surface area contributed by atoms with Crippen LogP contribution in [0.1, 0.15) is 32.2 Å². The number of benzene rings is 1. The van der Waals surface area contributed by atoms with Crippen LogP contribution in [0.25, 0.3) is 0 Å². The van der Waals surface area contributed by atoms with Crippen LogP contribution in [0.15, 0.2) is 28.7 Å². The number of hydrogen-bond donors (Lipinski definition) is 2. The third kappa shape index (κ3) is 2.74. The first-order valence-corrected chi connectivity index (χ1v) is 6.29. The van der Waals surface area contributed by atoms with Crippen molar-refractivity contribution in [3.05, 3.63) is 46.9 Å². The summed E-state index contributed by atoms with van der Waals surface area (Å²) in [5.74, 6) is -0.147. The number of carbonyl (C=O) groups excluding carboxylic acids is 1. The van der Waals surface area contributed by atoms with E-state index < -0.39 is 5.97 Å². The van der Waals surface area contributed by atoms with Gasteiger partial charge < -0.3 is 20.2 Å². The first-order valence-electron chi connectivity index (χ1n) is 6.29. The number of carboxylic acids is 1. The minimum absolute atomic E-state index is 0.0763. The molecule has 0 aliphatic rings. The summed E-state index contributed by atoms with van der Waals surface area (Å²) >= 11 is 0. The summed E-state index contributed by atoms with van der Waals surface area (Å²) in [6, 6.07) is 5.91. The highest BCUT2D eigenvalue weighted by Gasteiger charge is 2.20. The molecule has 2 rings (SSSR count). The summed E-state index contributed by atoms with van der Waals surface area (Å²) in [7, 11) is 1.58. The number of nitrogen functional groups attached to an aromatic ring is 1. The SMILES string of the molecule is Cc1cc(C(=O)N(C)c2ccc(C(=O)O)cc2N)c(C)o1. The van der Waals surface area contributed by atoms with Crippen molar-refractivity contribution in [2.75, 3.05) is 17.7 Å². The molecule has 0 bridgehead atoms. The molecule has 6 heteroatoms. The second kappa shape index (κ2) is 5.32. The summed E-state index contributed by atoms with van der Waals surface area (Å²) < 4.78 is 5.35. The first kappa shape index (κ1) is 14.6. The average Bonchev–Trinajstić information content (AvgIpc) is 2.75. The van der Waals surface area contributed by atoms with E-state index in [9.17, 15) is 9.59 Å². The highest BCUT2D eigenvalue weighted by atomic mass is 16.4. The van der Waals surface area contributed by atoms with Crippen molar-refractivity contribution in [2.24, 2.45) is 0 Å². The molecule has 21 heavy (non-hydrogen) atoms. The van der Waals surface area contributed by atoms with Gasteiger partial charge in [-0.25, -0.2) is 4.79 Å². The van der Waals surface area contributed by atoms with Crippen LogP contribution < -0.4 is 10.6 Å².